The van der Waals surface area contributed by atoms with Crippen molar-refractivity contribution in [2.45, 2.75) is 45.9 Å². The van der Waals surface area contributed by atoms with Gasteiger partial charge in [-0.1, -0.05) is 74.2 Å². The Kier molecular flexibility index (Phi) is 9.52. The smallest absolute Gasteiger partial charge is 0.406 e. The lowest BCUT2D eigenvalue weighted by Crippen LogP contribution is -2.31. The van der Waals surface area contributed by atoms with Crippen LogP contribution in [0.1, 0.15) is 49.3 Å². The molecule has 0 aliphatic carbocycles. The van der Waals surface area contributed by atoms with Crippen molar-refractivity contribution >= 4 is 40.5 Å². The minimum absolute atomic E-state index is 0.0852. The molecule has 1 fully saturated rings. The van der Waals surface area contributed by atoms with E-state index >= 15 is 0 Å². The maximum Gasteiger partial charge on any atom is 0.573 e. The van der Waals surface area contributed by atoms with E-state index in [9.17, 15) is 22.8 Å². The molecule has 4 aromatic rings. The summed E-state index contributed by atoms with van der Waals surface area (Å²) in [6, 6.07) is 18.8. The summed E-state index contributed by atoms with van der Waals surface area (Å²) < 4.78 is 42.6. The minimum atomic E-state index is -4.75. The van der Waals surface area contributed by atoms with E-state index in [0.717, 1.165) is 27.9 Å². The van der Waals surface area contributed by atoms with Crippen LogP contribution in [0, 0.1) is 6.92 Å². The summed E-state index contributed by atoms with van der Waals surface area (Å²) in [6.07, 6.45) is 1.21. The van der Waals surface area contributed by atoms with Crippen LogP contribution in [0.3, 0.4) is 0 Å². The van der Waals surface area contributed by atoms with Gasteiger partial charge in [0.15, 0.2) is 11.0 Å². The van der Waals surface area contributed by atoms with E-state index in [2.05, 4.69) is 33.7 Å². The molecule has 0 atom stereocenters. The lowest BCUT2D eigenvalue weighted by Gasteiger charge is -2.22. The van der Waals surface area contributed by atoms with Gasteiger partial charge in [-0.2, -0.15) is 4.99 Å². The first-order valence-electron chi connectivity index (χ1n) is 14.2. The molecule has 5 rings (SSSR count). The topological polar surface area (TPSA) is 89.7 Å². The third-order valence-corrected chi connectivity index (χ3v) is 7.79. The van der Waals surface area contributed by atoms with Crippen molar-refractivity contribution in [1.82, 2.24) is 14.8 Å². The van der Waals surface area contributed by atoms with Gasteiger partial charge >= 0.3 is 6.36 Å². The van der Waals surface area contributed by atoms with Gasteiger partial charge in [-0.25, -0.2) is 9.67 Å². The standard InChI is InChI=1S/C33H30F3N5O3S/c1-21(2)27-17-8-22(3)18-28(27)41-30(43)19-45-32(41)38-29(42)7-5-4-6-23-9-11-24(12-10-23)31-37-20-40(39-31)25-13-15-26(16-14-25)44-33(34,35)36/h4,6,8-18,20-21H,5,7,19H2,1-3H3/b6-4+,38-32?. The monoisotopic (exact) mass is 633 g/mol. The Morgan fingerprint density at radius 2 is 1.82 bits per heavy atom. The van der Waals surface area contributed by atoms with Crippen molar-refractivity contribution in [3.63, 3.8) is 0 Å². The third kappa shape index (κ3) is 8.07. The van der Waals surface area contributed by atoms with Gasteiger partial charge in [-0.05, 0) is 66.3 Å². The molecule has 1 aromatic heterocycles. The Morgan fingerprint density at radius 1 is 1.09 bits per heavy atom. The number of anilines is 1. The number of amides is 2. The van der Waals surface area contributed by atoms with E-state index in [-0.39, 0.29) is 35.7 Å². The van der Waals surface area contributed by atoms with Crippen molar-refractivity contribution in [3.8, 4) is 22.8 Å². The molecule has 2 amide bonds. The van der Waals surface area contributed by atoms with Crippen LogP contribution in [0.4, 0.5) is 18.9 Å². The largest absolute Gasteiger partial charge is 0.573 e. The summed E-state index contributed by atoms with van der Waals surface area (Å²) in [6.45, 7) is 6.11. The number of benzene rings is 3. The number of ether oxygens (including phenoxy) is 1. The molecule has 0 N–H and O–H groups in total. The summed E-state index contributed by atoms with van der Waals surface area (Å²) >= 11 is 1.28. The number of amidine groups is 1. The summed E-state index contributed by atoms with van der Waals surface area (Å²) in [5, 5.41) is 4.83. The highest BCUT2D eigenvalue weighted by Crippen LogP contribution is 2.34. The Labute approximate surface area is 262 Å². The maximum absolute atomic E-state index is 12.8. The number of halogens is 3. The predicted octanol–water partition coefficient (Wildman–Crippen LogP) is 7.72. The van der Waals surface area contributed by atoms with E-state index in [4.69, 9.17) is 0 Å². The highest BCUT2D eigenvalue weighted by molar-refractivity contribution is 8.15. The van der Waals surface area contributed by atoms with Crippen molar-refractivity contribution < 1.29 is 27.5 Å². The number of aromatic nitrogens is 3. The van der Waals surface area contributed by atoms with E-state index < -0.39 is 6.36 Å². The first-order valence-corrected chi connectivity index (χ1v) is 15.2. The van der Waals surface area contributed by atoms with E-state index in [0.29, 0.717) is 23.1 Å². The van der Waals surface area contributed by atoms with Crippen LogP contribution in [0.15, 0.2) is 84.1 Å². The zero-order chi connectivity index (χ0) is 32.1. The van der Waals surface area contributed by atoms with Crippen LogP contribution in [-0.2, 0) is 9.59 Å². The van der Waals surface area contributed by atoms with Gasteiger partial charge in [0.1, 0.15) is 12.1 Å². The van der Waals surface area contributed by atoms with Crippen molar-refractivity contribution in [1.29, 1.82) is 0 Å². The summed E-state index contributed by atoms with van der Waals surface area (Å²) in [7, 11) is 0. The van der Waals surface area contributed by atoms with Gasteiger partial charge in [0.2, 0.25) is 11.8 Å². The average molecular weight is 634 g/mol. The third-order valence-electron chi connectivity index (χ3n) is 6.87. The number of aryl methyl sites for hydroxylation is 1. The van der Waals surface area contributed by atoms with Gasteiger partial charge < -0.3 is 4.74 Å². The Balaban J connectivity index is 1.17. The molecule has 1 aliphatic rings. The van der Waals surface area contributed by atoms with Gasteiger partial charge in [0.25, 0.3) is 0 Å². The second kappa shape index (κ2) is 13.5. The number of carbonyl (C=O) groups is 2. The number of alkyl halides is 3. The Morgan fingerprint density at radius 3 is 2.51 bits per heavy atom. The Hall–Kier alpha value is -4.71. The van der Waals surface area contributed by atoms with Crippen LogP contribution < -0.4 is 9.64 Å². The molecule has 8 nitrogen and oxygen atoms in total. The van der Waals surface area contributed by atoms with Gasteiger partial charge in [0.05, 0.1) is 17.1 Å². The predicted molar refractivity (Wildman–Crippen MR) is 169 cm³/mol. The first kappa shape index (κ1) is 31.7. The number of carbonyl (C=O) groups excluding carboxylic acids is 2. The quantitative estimate of drug-likeness (QED) is 0.188. The number of rotatable bonds is 9. The highest BCUT2D eigenvalue weighted by Gasteiger charge is 2.32. The molecule has 12 heteroatoms. The van der Waals surface area contributed by atoms with Crippen molar-refractivity contribution in [2.24, 2.45) is 4.99 Å². The minimum Gasteiger partial charge on any atom is -0.406 e. The number of hydrogen-bond acceptors (Lipinski definition) is 6. The Bertz CT molecular complexity index is 1750. The zero-order valence-electron chi connectivity index (χ0n) is 24.8. The zero-order valence-corrected chi connectivity index (χ0v) is 25.6. The molecular weight excluding hydrogens is 603 g/mol. The summed E-state index contributed by atoms with van der Waals surface area (Å²) in [5.41, 5.74) is 5.05. The van der Waals surface area contributed by atoms with Gasteiger partial charge in [-0.3, -0.25) is 14.5 Å². The van der Waals surface area contributed by atoms with Crippen LogP contribution in [0.5, 0.6) is 5.75 Å². The van der Waals surface area contributed by atoms with Crippen molar-refractivity contribution in [3.05, 3.63) is 95.8 Å². The maximum atomic E-state index is 12.8. The van der Waals surface area contributed by atoms with Gasteiger partial charge in [0, 0.05) is 12.0 Å². The molecule has 3 aromatic carbocycles. The molecular formula is C33H30F3N5O3S. The summed E-state index contributed by atoms with van der Waals surface area (Å²) in [5.74, 6) is 0.214. The fourth-order valence-electron chi connectivity index (χ4n) is 4.67. The average Bonchev–Trinajstić information content (AvgIpc) is 3.62. The number of nitrogens with zero attached hydrogens (tertiary/aromatic N) is 5. The molecule has 45 heavy (non-hydrogen) atoms. The molecule has 1 saturated heterocycles. The lowest BCUT2D eigenvalue weighted by atomic mass is 9.99. The number of hydrogen-bond donors (Lipinski definition) is 0. The molecule has 0 saturated carbocycles. The molecule has 232 valence electrons. The second-order valence-corrected chi connectivity index (χ2v) is 11.6. The number of aliphatic imine (C=N–C) groups is 1. The van der Waals surface area contributed by atoms with Crippen molar-refractivity contribution in [2.75, 3.05) is 10.7 Å². The van der Waals surface area contributed by atoms with E-state index in [1.165, 1.54) is 47.0 Å². The molecule has 2 heterocycles. The number of thioether (sulfide) groups is 1. The molecule has 0 unspecified atom stereocenters. The van der Waals surface area contributed by atoms with Crippen LogP contribution in [0.25, 0.3) is 23.2 Å². The van der Waals surface area contributed by atoms with E-state index in [1.54, 1.807) is 4.90 Å². The first-order chi connectivity index (χ1) is 21.5. The van der Waals surface area contributed by atoms with E-state index in [1.807, 2.05) is 61.5 Å². The SMILES string of the molecule is Cc1ccc(C(C)C)c(N2C(=O)CSC2=NC(=O)CC/C=C/c2ccc(-c3ncn(-c4ccc(OC(F)(F)F)cc4)n3)cc2)c1. The normalized spacial score (nSPS) is 14.7. The molecule has 0 bridgehead atoms. The fourth-order valence-corrected chi connectivity index (χ4v) is 5.55. The molecule has 1 aliphatic heterocycles. The molecule has 0 spiro atoms. The number of allylic oxidation sites excluding steroid dienone is 1. The van der Waals surface area contributed by atoms with Crippen LogP contribution in [0.2, 0.25) is 0 Å². The molecule has 0 radical (unpaired) electrons. The summed E-state index contributed by atoms with van der Waals surface area (Å²) in [4.78, 5) is 35.6. The lowest BCUT2D eigenvalue weighted by molar-refractivity contribution is -0.274. The van der Waals surface area contributed by atoms with Crippen LogP contribution >= 0.6 is 11.8 Å². The fraction of sp³-hybridized carbons (Fsp3) is 0.242. The van der Waals surface area contributed by atoms with Gasteiger partial charge in [-0.15, -0.1) is 18.3 Å². The highest BCUT2D eigenvalue weighted by atomic mass is 32.2. The van der Waals surface area contributed by atoms with Crippen LogP contribution in [-0.4, -0.2) is 43.9 Å². The second-order valence-electron chi connectivity index (χ2n) is 10.6.